The van der Waals surface area contributed by atoms with Gasteiger partial charge in [0.15, 0.2) is 13.0 Å². The largest absolute Gasteiger partial charge is 0.187 e. The second-order valence-corrected chi connectivity index (χ2v) is 8.21. The van der Waals surface area contributed by atoms with Gasteiger partial charge in [0.25, 0.3) is 0 Å². The molecule has 0 saturated heterocycles. The fourth-order valence-electron chi connectivity index (χ4n) is 1.71. The van der Waals surface area contributed by atoms with Crippen molar-refractivity contribution in [3.05, 3.63) is 35.9 Å². The molecule has 0 aromatic heterocycles. The summed E-state index contributed by atoms with van der Waals surface area (Å²) < 4.78 is -5.28. The maximum absolute atomic E-state index is 6.37. The molecule has 1 radical (unpaired) electrons. The second kappa shape index (κ2) is 4.12. The minimum atomic E-state index is -1.79. The van der Waals surface area contributed by atoms with Gasteiger partial charge in [-0.25, -0.2) is 0 Å². The molecule has 1 saturated carbocycles. The Kier molecular flexibility index (Phi) is 3.55. The first-order valence-corrected chi connectivity index (χ1v) is 7.05. The minimum Gasteiger partial charge on any atom is -0.107 e. The van der Waals surface area contributed by atoms with Gasteiger partial charge in [0.1, 0.15) is 4.87 Å². The third-order valence-electron chi connectivity index (χ3n) is 2.73. The predicted octanol–water partition coefficient (Wildman–Crippen LogP) is 5.46. The minimum absolute atomic E-state index is 0.425. The van der Waals surface area contributed by atoms with Gasteiger partial charge in [-0.05, 0) is 11.6 Å². The Bertz CT molecular complexity index is 419. The van der Waals surface area contributed by atoms with Crippen LogP contribution in [-0.2, 0) is 4.87 Å². The summed E-state index contributed by atoms with van der Waals surface area (Å²) in [6, 6.07) is 9.64. The predicted molar refractivity (Wildman–Crippen MR) is 76.1 cm³/mol. The molecule has 1 aliphatic rings. The Hall–Kier alpha value is 1.25. The Morgan fingerprint density at radius 3 is 1.71 bits per heavy atom. The van der Waals surface area contributed by atoms with Gasteiger partial charge in [-0.2, -0.15) is 0 Å². The highest BCUT2D eigenvalue weighted by Crippen LogP contribution is 2.79. The molecule has 0 amide bonds. The Morgan fingerprint density at radius 2 is 1.29 bits per heavy atom. The number of alkyl halides is 7. The van der Waals surface area contributed by atoms with Crippen LogP contribution in [0.2, 0.25) is 0 Å². The van der Waals surface area contributed by atoms with Crippen molar-refractivity contribution in [3.8, 4) is 0 Å². The first kappa shape index (κ1) is 14.7. The summed E-state index contributed by atoms with van der Waals surface area (Å²) in [5.41, 5.74) is 0.425. The Balaban J connectivity index is 2.60. The molecule has 0 heterocycles. The molecule has 1 aliphatic carbocycles. The van der Waals surface area contributed by atoms with Gasteiger partial charge >= 0.3 is 0 Å². The lowest BCUT2D eigenvalue weighted by Crippen LogP contribution is -2.78. The average molecular weight is 372 g/mol. The zero-order valence-electron chi connectivity index (χ0n) is 7.96. The van der Waals surface area contributed by atoms with E-state index in [1.165, 1.54) is 0 Å². The van der Waals surface area contributed by atoms with Crippen LogP contribution in [0.25, 0.3) is 0 Å². The summed E-state index contributed by atoms with van der Waals surface area (Å²) in [7, 11) is 0. The van der Waals surface area contributed by atoms with E-state index in [1.807, 2.05) is 0 Å². The van der Waals surface area contributed by atoms with Gasteiger partial charge in [0.05, 0.1) is 0 Å². The van der Waals surface area contributed by atoms with E-state index < -0.39 is 17.9 Å². The highest BCUT2D eigenvalue weighted by molar-refractivity contribution is 6.77. The van der Waals surface area contributed by atoms with Crippen LogP contribution in [0.5, 0.6) is 0 Å². The van der Waals surface area contributed by atoms with E-state index in [0.29, 0.717) is 5.56 Å². The Labute approximate surface area is 134 Å². The average Bonchev–Trinajstić information content (AvgIpc) is 2.27. The van der Waals surface area contributed by atoms with Crippen LogP contribution in [0.15, 0.2) is 24.3 Å². The van der Waals surface area contributed by atoms with Crippen molar-refractivity contribution >= 4 is 81.2 Å². The van der Waals surface area contributed by atoms with Crippen molar-refractivity contribution in [1.29, 1.82) is 0 Å². The Morgan fingerprint density at radius 1 is 0.765 bits per heavy atom. The number of hydrogen-bond acceptors (Lipinski definition) is 0. The van der Waals surface area contributed by atoms with E-state index >= 15 is 0 Å². The molecule has 0 spiro atoms. The van der Waals surface area contributed by atoms with Crippen LogP contribution >= 0.6 is 81.2 Å². The molecule has 2 rings (SSSR count). The molecule has 0 aliphatic heterocycles. The summed E-state index contributed by atoms with van der Waals surface area (Å²) >= 11 is 42.7. The summed E-state index contributed by atoms with van der Waals surface area (Å²) in [6.45, 7) is 0. The maximum Gasteiger partial charge on any atom is 0.187 e. The maximum atomic E-state index is 6.37. The van der Waals surface area contributed by atoms with Crippen molar-refractivity contribution in [2.75, 3.05) is 0 Å². The fourth-order valence-corrected chi connectivity index (χ4v) is 4.80. The van der Waals surface area contributed by atoms with Gasteiger partial charge in [0.2, 0.25) is 0 Å². The first-order valence-electron chi connectivity index (χ1n) is 4.40. The fraction of sp³-hybridized carbons (Fsp3) is 0.400. The van der Waals surface area contributed by atoms with Crippen LogP contribution in [0.4, 0.5) is 0 Å². The molecule has 0 unspecified atom stereocenters. The van der Waals surface area contributed by atoms with Crippen LogP contribution in [0.3, 0.4) is 0 Å². The third-order valence-corrected chi connectivity index (χ3v) is 8.07. The standard InChI is InChI=1S/C10H4Cl7/c11-7(6-4-2-1-3-5-6)8(12,13)10(16,17)9(7,14)15/h1-4H. The van der Waals surface area contributed by atoms with Crippen molar-refractivity contribution in [2.45, 2.75) is 17.9 Å². The van der Waals surface area contributed by atoms with E-state index in [2.05, 4.69) is 6.07 Å². The lowest BCUT2D eigenvalue weighted by molar-refractivity contribution is 0.279. The molecule has 0 N–H and O–H groups in total. The van der Waals surface area contributed by atoms with Gasteiger partial charge in [-0.15, -0.1) is 11.6 Å². The van der Waals surface area contributed by atoms with E-state index in [9.17, 15) is 0 Å². The molecule has 7 heteroatoms. The molecule has 0 bridgehead atoms. The third kappa shape index (κ3) is 1.53. The highest BCUT2D eigenvalue weighted by atomic mass is 35.5. The molecule has 1 aromatic carbocycles. The van der Waals surface area contributed by atoms with Crippen LogP contribution < -0.4 is 0 Å². The molecule has 1 aromatic rings. The summed E-state index contributed by atoms with van der Waals surface area (Å²) in [6.07, 6.45) is 0. The molecular weight excluding hydrogens is 368 g/mol. The van der Waals surface area contributed by atoms with Gasteiger partial charge in [0, 0.05) is 0 Å². The van der Waals surface area contributed by atoms with Crippen LogP contribution in [0, 0.1) is 6.07 Å². The summed E-state index contributed by atoms with van der Waals surface area (Å²) in [5, 5.41) is 0. The zero-order chi connectivity index (χ0) is 13.1. The van der Waals surface area contributed by atoms with Crippen molar-refractivity contribution in [1.82, 2.24) is 0 Å². The monoisotopic (exact) mass is 369 g/mol. The highest BCUT2D eigenvalue weighted by Gasteiger charge is 2.87. The quantitative estimate of drug-likeness (QED) is 0.575. The second-order valence-electron chi connectivity index (χ2n) is 3.66. The van der Waals surface area contributed by atoms with Crippen LogP contribution in [-0.4, -0.2) is 13.0 Å². The van der Waals surface area contributed by atoms with Gasteiger partial charge in [-0.3, -0.25) is 0 Å². The molecular formula is C10H4Cl7. The lowest BCUT2D eigenvalue weighted by Gasteiger charge is -2.64. The van der Waals surface area contributed by atoms with E-state index in [0.717, 1.165) is 0 Å². The SMILES string of the molecule is ClC1(Cl)C(Cl)(Cl)C(Cl)(c2[c]cccc2)C1(Cl)Cl. The molecule has 0 nitrogen and oxygen atoms in total. The van der Waals surface area contributed by atoms with E-state index in [4.69, 9.17) is 81.2 Å². The van der Waals surface area contributed by atoms with E-state index in [-0.39, 0.29) is 0 Å². The summed E-state index contributed by atoms with van der Waals surface area (Å²) in [4.78, 5) is -1.54. The van der Waals surface area contributed by atoms with E-state index in [1.54, 1.807) is 24.3 Å². The zero-order valence-corrected chi connectivity index (χ0v) is 13.2. The van der Waals surface area contributed by atoms with Crippen molar-refractivity contribution in [2.24, 2.45) is 0 Å². The lowest BCUT2D eigenvalue weighted by atomic mass is 9.75. The molecule has 93 valence electrons. The van der Waals surface area contributed by atoms with Crippen LogP contribution in [0.1, 0.15) is 5.56 Å². The number of halogens is 7. The van der Waals surface area contributed by atoms with Crippen molar-refractivity contribution < 1.29 is 0 Å². The topological polar surface area (TPSA) is 0 Å². The molecule has 0 atom stereocenters. The number of rotatable bonds is 1. The molecule has 1 fully saturated rings. The number of hydrogen-bond donors (Lipinski definition) is 0. The first-order chi connectivity index (χ1) is 7.61. The molecule has 17 heavy (non-hydrogen) atoms. The normalized spacial score (nSPS) is 27.2. The van der Waals surface area contributed by atoms with Gasteiger partial charge < -0.3 is 0 Å². The smallest absolute Gasteiger partial charge is 0.107 e. The van der Waals surface area contributed by atoms with Gasteiger partial charge in [-0.1, -0.05) is 93.9 Å². The summed E-state index contributed by atoms with van der Waals surface area (Å²) in [5.74, 6) is 0. The number of benzene rings is 1. The van der Waals surface area contributed by atoms with Crippen molar-refractivity contribution in [3.63, 3.8) is 0 Å².